The van der Waals surface area contributed by atoms with Crippen molar-refractivity contribution < 1.29 is 19.4 Å². The second kappa shape index (κ2) is 14.4. The molecule has 8 rings (SSSR count). The highest BCUT2D eigenvalue weighted by Crippen LogP contribution is 2.38. The standard InChI is InChI=1S/C42H41N7O4/c1-25-32(7-5-9-34(25)41-47-36-19-27(17-30(20-43)39(36)53-41)23-49-15-4-3-11-37(49)42(51)52)33-8-6-10-35(26(33)2)46-40-38-29(12-14-44-40)18-28(21-45-38)22-48-16-13-31(50)24-48/h5-10,12,14,17-19,21,31,37,50H,3-4,11,13,15-16,22-24H2,1-2H3,(H,44,46)(H,51,52)/t31-,37-/m0/s1. The van der Waals surface area contributed by atoms with Gasteiger partial charge in [0.05, 0.1) is 11.7 Å². The lowest BCUT2D eigenvalue weighted by Gasteiger charge is -2.32. The lowest BCUT2D eigenvalue weighted by molar-refractivity contribution is -0.144. The topological polar surface area (TPSA) is 152 Å². The van der Waals surface area contributed by atoms with Gasteiger partial charge in [0.25, 0.3) is 0 Å². The Kier molecular flexibility index (Phi) is 9.35. The van der Waals surface area contributed by atoms with Gasteiger partial charge in [0, 0.05) is 55.2 Å². The third kappa shape index (κ3) is 6.84. The number of rotatable bonds is 9. The van der Waals surface area contributed by atoms with E-state index in [4.69, 9.17) is 14.4 Å². The number of carbonyl (C=O) groups is 1. The van der Waals surface area contributed by atoms with Crippen molar-refractivity contribution in [3.05, 3.63) is 101 Å². The number of hydrogen-bond acceptors (Lipinski definition) is 10. The maximum Gasteiger partial charge on any atom is 0.320 e. The lowest BCUT2D eigenvalue weighted by atomic mass is 9.93. The zero-order chi connectivity index (χ0) is 36.6. The van der Waals surface area contributed by atoms with E-state index in [1.165, 1.54) is 0 Å². The zero-order valence-corrected chi connectivity index (χ0v) is 29.8. The number of oxazole rings is 1. The molecule has 3 aromatic carbocycles. The van der Waals surface area contributed by atoms with Crippen LogP contribution in [0.1, 0.15) is 53.5 Å². The van der Waals surface area contributed by atoms with Crippen LogP contribution >= 0.6 is 0 Å². The minimum atomic E-state index is -0.811. The van der Waals surface area contributed by atoms with Crippen molar-refractivity contribution in [2.24, 2.45) is 0 Å². The van der Waals surface area contributed by atoms with Crippen molar-refractivity contribution in [2.45, 2.75) is 64.8 Å². The number of aliphatic hydroxyl groups excluding tert-OH is 1. The normalized spacial score (nSPS) is 18.1. The Hall–Kier alpha value is -5.67. The predicted molar refractivity (Wildman–Crippen MR) is 203 cm³/mol. The maximum absolute atomic E-state index is 11.9. The number of carboxylic acid groups (broad SMARTS) is 1. The average molecular weight is 708 g/mol. The maximum atomic E-state index is 11.9. The van der Waals surface area contributed by atoms with Gasteiger partial charge in [-0.1, -0.05) is 30.7 Å². The Morgan fingerprint density at radius 2 is 1.77 bits per heavy atom. The number of aliphatic hydroxyl groups is 1. The fourth-order valence-corrected chi connectivity index (χ4v) is 7.92. The van der Waals surface area contributed by atoms with E-state index in [9.17, 15) is 20.3 Å². The van der Waals surface area contributed by atoms with E-state index >= 15 is 0 Å². The summed E-state index contributed by atoms with van der Waals surface area (Å²) in [6.07, 6.45) is 6.71. The molecule has 11 nitrogen and oxygen atoms in total. The number of hydrogen-bond donors (Lipinski definition) is 3. The van der Waals surface area contributed by atoms with Crippen LogP contribution in [0.25, 0.3) is 44.6 Å². The number of nitrogens with one attached hydrogen (secondary N) is 1. The number of aromatic nitrogens is 3. The van der Waals surface area contributed by atoms with E-state index in [0.717, 1.165) is 87.9 Å². The first-order valence-corrected chi connectivity index (χ1v) is 18.2. The molecule has 2 saturated heterocycles. The van der Waals surface area contributed by atoms with Crippen molar-refractivity contribution in [3.63, 3.8) is 0 Å². The average Bonchev–Trinajstić information content (AvgIpc) is 3.78. The molecule has 5 heterocycles. The second-order valence-electron chi connectivity index (χ2n) is 14.3. The number of β-amino-alcohol motifs (C(OH)–C–C–N with tert-alkyl or cyclic N) is 1. The fourth-order valence-electron chi connectivity index (χ4n) is 7.92. The molecule has 11 heteroatoms. The van der Waals surface area contributed by atoms with Gasteiger partial charge in [-0.05, 0) is 109 Å². The molecule has 0 aliphatic carbocycles. The molecule has 2 fully saturated rings. The molecular weight excluding hydrogens is 667 g/mol. The number of carboxylic acids is 1. The zero-order valence-electron chi connectivity index (χ0n) is 29.8. The number of fused-ring (bicyclic) bond motifs is 2. The lowest BCUT2D eigenvalue weighted by Crippen LogP contribution is -2.44. The molecule has 268 valence electrons. The molecule has 53 heavy (non-hydrogen) atoms. The van der Waals surface area contributed by atoms with Gasteiger partial charge in [-0.2, -0.15) is 5.26 Å². The molecule has 0 unspecified atom stereocenters. The van der Waals surface area contributed by atoms with Crippen LogP contribution in [0.2, 0.25) is 0 Å². The first-order valence-electron chi connectivity index (χ1n) is 18.2. The molecule has 3 aromatic heterocycles. The molecule has 0 spiro atoms. The number of pyridine rings is 2. The Morgan fingerprint density at radius 1 is 0.962 bits per heavy atom. The largest absolute Gasteiger partial charge is 0.480 e. The monoisotopic (exact) mass is 707 g/mol. The molecule has 0 saturated carbocycles. The molecule has 2 aliphatic rings. The summed E-state index contributed by atoms with van der Waals surface area (Å²) in [7, 11) is 0. The Morgan fingerprint density at radius 3 is 2.57 bits per heavy atom. The molecule has 3 N–H and O–H groups in total. The Balaban J connectivity index is 1.08. The summed E-state index contributed by atoms with van der Waals surface area (Å²) >= 11 is 0. The Labute approximate surface area is 307 Å². The van der Waals surface area contributed by atoms with Gasteiger partial charge in [-0.3, -0.25) is 19.6 Å². The van der Waals surface area contributed by atoms with Gasteiger partial charge in [-0.25, -0.2) is 9.97 Å². The first-order chi connectivity index (χ1) is 25.7. The van der Waals surface area contributed by atoms with Crippen molar-refractivity contribution >= 4 is 39.5 Å². The van der Waals surface area contributed by atoms with Crippen LogP contribution in [-0.2, 0) is 17.9 Å². The van der Waals surface area contributed by atoms with Gasteiger partial charge < -0.3 is 19.9 Å². The third-order valence-electron chi connectivity index (χ3n) is 10.7. The number of nitrogens with zero attached hydrogens (tertiary/aromatic N) is 6. The summed E-state index contributed by atoms with van der Waals surface area (Å²) in [6, 6.07) is 21.8. The SMILES string of the molecule is Cc1c(Nc2nccc3cc(CN4CC[C@H](O)C4)cnc23)cccc1-c1cccc(-c2nc3cc(CN4CCCC[C@H]4C(=O)O)cc(C#N)c3o2)c1C. The second-order valence-corrected chi connectivity index (χ2v) is 14.3. The quantitative estimate of drug-likeness (QED) is 0.138. The number of nitriles is 1. The van der Waals surface area contributed by atoms with E-state index in [2.05, 4.69) is 53.3 Å². The predicted octanol–water partition coefficient (Wildman–Crippen LogP) is 7.34. The van der Waals surface area contributed by atoms with E-state index < -0.39 is 12.0 Å². The van der Waals surface area contributed by atoms with Gasteiger partial charge in [-0.15, -0.1) is 0 Å². The summed E-state index contributed by atoms with van der Waals surface area (Å²) in [6.45, 7) is 7.59. The van der Waals surface area contributed by atoms with Crippen LogP contribution in [0.15, 0.2) is 77.5 Å². The highest BCUT2D eigenvalue weighted by molar-refractivity contribution is 5.91. The van der Waals surface area contributed by atoms with Crippen molar-refractivity contribution in [3.8, 4) is 28.7 Å². The minimum absolute atomic E-state index is 0.255. The number of benzene rings is 3. The van der Waals surface area contributed by atoms with Crippen LogP contribution in [0.3, 0.4) is 0 Å². The van der Waals surface area contributed by atoms with Crippen LogP contribution in [0.5, 0.6) is 0 Å². The van der Waals surface area contributed by atoms with Crippen molar-refractivity contribution in [2.75, 3.05) is 25.0 Å². The highest BCUT2D eigenvalue weighted by Gasteiger charge is 2.29. The molecule has 2 aliphatic heterocycles. The van der Waals surface area contributed by atoms with E-state index in [1.807, 2.05) is 47.5 Å². The molecule has 0 bridgehead atoms. The van der Waals surface area contributed by atoms with Crippen molar-refractivity contribution in [1.82, 2.24) is 24.8 Å². The van der Waals surface area contributed by atoms with Crippen LogP contribution in [0.4, 0.5) is 11.5 Å². The molecule has 6 aromatic rings. The smallest absolute Gasteiger partial charge is 0.320 e. The number of likely N-dealkylation sites (tertiary alicyclic amines) is 2. The van der Waals surface area contributed by atoms with E-state index in [0.29, 0.717) is 54.4 Å². The van der Waals surface area contributed by atoms with Crippen LogP contribution < -0.4 is 5.32 Å². The highest BCUT2D eigenvalue weighted by atomic mass is 16.4. The van der Waals surface area contributed by atoms with E-state index in [-0.39, 0.29) is 6.10 Å². The van der Waals surface area contributed by atoms with Crippen LogP contribution in [0, 0.1) is 25.2 Å². The van der Waals surface area contributed by atoms with Gasteiger partial charge in [0.2, 0.25) is 5.89 Å². The molecule has 0 radical (unpaired) electrons. The van der Waals surface area contributed by atoms with Gasteiger partial charge in [0.1, 0.15) is 23.1 Å². The summed E-state index contributed by atoms with van der Waals surface area (Å²) in [5.74, 6) is 0.288. The van der Waals surface area contributed by atoms with Crippen LogP contribution in [-0.4, -0.2) is 72.7 Å². The Bertz CT molecular complexity index is 2400. The number of anilines is 2. The fraction of sp³-hybridized carbons (Fsp3) is 0.310. The number of aliphatic carboxylic acids is 1. The minimum Gasteiger partial charge on any atom is -0.480 e. The summed E-state index contributed by atoms with van der Waals surface area (Å²) in [4.78, 5) is 30.5. The number of piperidine rings is 1. The van der Waals surface area contributed by atoms with Gasteiger partial charge >= 0.3 is 5.97 Å². The van der Waals surface area contributed by atoms with E-state index in [1.54, 1.807) is 12.3 Å². The summed E-state index contributed by atoms with van der Waals surface area (Å²) in [5, 5.41) is 34.3. The van der Waals surface area contributed by atoms with Gasteiger partial charge in [0.15, 0.2) is 11.4 Å². The third-order valence-corrected chi connectivity index (χ3v) is 10.7. The summed E-state index contributed by atoms with van der Waals surface area (Å²) < 4.78 is 6.29. The van der Waals surface area contributed by atoms with Crippen molar-refractivity contribution in [1.29, 1.82) is 5.26 Å². The molecule has 0 amide bonds. The summed E-state index contributed by atoms with van der Waals surface area (Å²) in [5.41, 5.74) is 9.93. The molecule has 2 atom stereocenters. The first kappa shape index (κ1) is 34.4. The molecular formula is C42H41N7O4.